The Labute approximate surface area is 77.0 Å². The Balaban J connectivity index is 2.09. The van der Waals surface area contributed by atoms with Crippen molar-refractivity contribution in [3.63, 3.8) is 0 Å². The first-order valence-electron chi connectivity index (χ1n) is 4.45. The Kier molecular flexibility index (Phi) is 1.89. The van der Waals surface area contributed by atoms with E-state index in [0.29, 0.717) is 25.4 Å². The third-order valence-electron chi connectivity index (χ3n) is 2.46. The van der Waals surface area contributed by atoms with Crippen LogP contribution >= 0.6 is 0 Å². The molecule has 1 aliphatic rings. The van der Waals surface area contributed by atoms with Gasteiger partial charge in [-0.25, -0.2) is 4.98 Å². The van der Waals surface area contributed by atoms with Crippen molar-refractivity contribution < 1.29 is 9.52 Å². The van der Waals surface area contributed by atoms with Gasteiger partial charge in [-0.15, -0.1) is 0 Å². The summed E-state index contributed by atoms with van der Waals surface area (Å²) in [5.74, 6) is 1.48. The predicted molar refractivity (Wildman–Crippen MR) is 47.5 cm³/mol. The van der Waals surface area contributed by atoms with Crippen molar-refractivity contribution in [1.29, 1.82) is 0 Å². The molecule has 0 saturated carbocycles. The van der Waals surface area contributed by atoms with Crippen LogP contribution in [-0.2, 0) is 6.42 Å². The average Bonchev–Trinajstić information content (AvgIpc) is 2.28. The molecule has 0 bridgehead atoms. The average molecular weight is 182 g/mol. The maximum atomic E-state index is 9.80. The highest BCUT2D eigenvalue weighted by Crippen LogP contribution is 2.18. The summed E-state index contributed by atoms with van der Waals surface area (Å²) >= 11 is 0. The summed E-state index contributed by atoms with van der Waals surface area (Å²) in [6.45, 7) is 5.06. The second kappa shape index (κ2) is 2.82. The number of aromatic nitrogens is 1. The van der Waals surface area contributed by atoms with Crippen LogP contribution in [0.5, 0.6) is 0 Å². The van der Waals surface area contributed by atoms with E-state index in [2.05, 4.69) is 10.3 Å². The van der Waals surface area contributed by atoms with Crippen LogP contribution in [0.1, 0.15) is 17.3 Å². The Hall–Kier alpha value is -0.870. The summed E-state index contributed by atoms with van der Waals surface area (Å²) in [5, 5.41) is 12.8. The zero-order valence-corrected chi connectivity index (χ0v) is 7.92. The van der Waals surface area contributed by atoms with Crippen LogP contribution in [0.4, 0.5) is 0 Å². The molecule has 13 heavy (non-hydrogen) atoms. The van der Waals surface area contributed by atoms with Crippen molar-refractivity contribution in [2.45, 2.75) is 25.9 Å². The zero-order chi connectivity index (χ0) is 9.47. The minimum absolute atomic E-state index is 0.509. The van der Waals surface area contributed by atoms with E-state index < -0.39 is 5.60 Å². The highest BCUT2D eigenvalue weighted by molar-refractivity contribution is 5.08. The van der Waals surface area contributed by atoms with Crippen molar-refractivity contribution in [2.75, 3.05) is 13.1 Å². The van der Waals surface area contributed by atoms with Crippen LogP contribution in [0, 0.1) is 13.8 Å². The van der Waals surface area contributed by atoms with Gasteiger partial charge >= 0.3 is 0 Å². The van der Waals surface area contributed by atoms with Gasteiger partial charge in [-0.1, -0.05) is 0 Å². The lowest BCUT2D eigenvalue weighted by atomic mass is 9.93. The lowest BCUT2D eigenvalue weighted by Crippen LogP contribution is -2.60. The molecular weight excluding hydrogens is 168 g/mol. The van der Waals surface area contributed by atoms with Crippen molar-refractivity contribution in [3.8, 4) is 0 Å². The van der Waals surface area contributed by atoms with E-state index >= 15 is 0 Å². The summed E-state index contributed by atoms with van der Waals surface area (Å²) in [4.78, 5) is 4.22. The molecule has 0 atom stereocenters. The van der Waals surface area contributed by atoms with E-state index in [-0.39, 0.29) is 0 Å². The first kappa shape index (κ1) is 8.72. The number of oxazole rings is 1. The smallest absolute Gasteiger partial charge is 0.197 e. The summed E-state index contributed by atoms with van der Waals surface area (Å²) in [6, 6.07) is 0. The topological polar surface area (TPSA) is 58.3 Å². The Morgan fingerprint density at radius 3 is 2.62 bits per heavy atom. The molecule has 2 N–H and O–H groups in total. The molecule has 1 fully saturated rings. The fourth-order valence-electron chi connectivity index (χ4n) is 1.43. The molecule has 0 aromatic carbocycles. The SMILES string of the molecule is Cc1nc(CC2(O)CNC2)oc1C. The Morgan fingerprint density at radius 2 is 2.23 bits per heavy atom. The van der Waals surface area contributed by atoms with E-state index in [1.807, 2.05) is 13.8 Å². The number of β-amino-alcohol motifs (C(OH)–C–C–N with tert-alkyl or cyclic N) is 1. The van der Waals surface area contributed by atoms with Gasteiger partial charge in [0, 0.05) is 13.1 Å². The second-order valence-electron chi connectivity index (χ2n) is 3.75. The van der Waals surface area contributed by atoms with Crippen LogP contribution in [0.25, 0.3) is 0 Å². The van der Waals surface area contributed by atoms with E-state index in [9.17, 15) is 5.11 Å². The van der Waals surface area contributed by atoms with Gasteiger partial charge in [0.2, 0.25) is 0 Å². The molecule has 1 aliphatic heterocycles. The van der Waals surface area contributed by atoms with E-state index in [1.165, 1.54) is 0 Å². The number of aryl methyl sites for hydroxylation is 2. The second-order valence-corrected chi connectivity index (χ2v) is 3.75. The highest BCUT2D eigenvalue weighted by atomic mass is 16.4. The Bertz CT molecular complexity index is 296. The Morgan fingerprint density at radius 1 is 1.54 bits per heavy atom. The van der Waals surface area contributed by atoms with Crippen LogP contribution in [0.15, 0.2) is 4.42 Å². The van der Waals surface area contributed by atoms with Crippen LogP contribution in [0.3, 0.4) is 0 Å². The maximum absolute atomic E-state index is 9.80. The maximum Gasteiger partial charge on any atom is 0.197 e. The minimum atomic E-state index is -0.635. The molecule has 0 amide bonds. The van der Waals surface area contributed by atoms with E-state index in [1.54, 1.807) is 0 Å². The molecule has 2 heterocycles. The quantitative estimate of drug-likeness (QED) is 0.684. The first-order chi connectivity index (χ1) is 6.09. The lowest BCUT2D eigenvalue weighted by Gasteiger charge is -2.36. The highest BCUT2D eigenvalue weighted by Gasteiger charge is 2.36. The molecule has 0 unspecified atom stereocenters. The van der Waals surface area contributed by atoms with Gasteiger partial charge in [0.1, 0.15) is 5.76 Å². The lowest BCUT2D eigenvalue weighted by molar-refractivity contribution is -0.0141. The van der Waals surface area contributed by atoms with E-state index in [4.69, 9.17) is 4.42 Å². The number of nitrogens with zero attached hydrogens (tertiary/aromatic N) is 1. The third kappa shape index (κ3) is 1.59. The molecule has 0 spiro atoms. The summed E-state index contributed by atoms with van der Waals surface area (Å²) < 4.78 is 5.39. The number of hydrogen-bond donors (Lipinski definition) is 2. The fourth-order valence-corrected chi connectivity index (χ4v) is 1.43. The van der Waals surface area contributed by atoms with Gasteiger partial charge in [0.15, 0.2) is 5.89 Å². The predicted octanol–water partition coefficient (Wildman–Crippen LogP) is 0.168. The molecule has 4 heteroatoms. The van der Waals surface area contributed by atoms with Gasteiger partial charge in [0.05, 0.1) is 17.7 Å². The molecular formula is C9H14N2O2. The molecule has 1 aromatic heterocycles. The third-order valence-corrected chi connectivity index (χ3v) is 2.46. The van der Waals surface area contributed by atoms with Gasteiger partial charge in [-0.2, -0.15) is 0 Å². The molecule has 0 aliphatic carbocycles. The summed E-state index contributed by atoms with van der Waals surface area (Å²) in [5.41, 5.74) is 0.273. The number of rotatable bonds is 2. The molecule has 1 saturated heterocycles. The van der Waals surface area contributed by atoms with Gasteiger partial charge in [0.25, 0.3) is 0 Å². The van der Waals surface area contributed by atoms with Crippen LogP contribution in [0.2, 0.25) is 0 Å². The largest absolute Gasteiger partial charge is 0.446 e. The van der Waals surface area contributed by atoms with Crippen molar-refractivity contribution in [3.05, 3.63) is 17.3 Å². The van der Waals surface area contributed by atoms with E-state index in [0.717, 1.165) is 11.5 Å². The molecule has 0 radical (unpaired) electrons. The summed E-state index contributed by atoms with van der Waals surface area (Å²) in [6.07, 6.45) is 0.509. The van der Waals surface area contributed by atoms with Crippen molar-refractivity contribution in [2.24, 2.45) is 0 Å². The first-order valence-corrected chi connectivity index (χ1v) is 4.45. The van der Waals surface area contributed by atoms with Crippen LogP contribution in [-0.4, -0.2) is 28.8 Å². The van der Waals surface area contributed by atoms with Crippen LogP contribution < -0.4 is 5.32 Å². The van der Waals surface area contributed by atoms with Crippen molar-refractivity contribution >= 4 is 0 Å². The monoisotopic (exact) mass is 182 g/mol. The molecule has 4 nitrogen and oxygen atoms in total. The molecule has 2 rings (SSSR count). The van der Waals surface area contributed by atoms with Gasteiger partial charge in [-0.3, -0.25) is 0 Å². The minimum Gasteiger partial charge on any atom is -0.446 e. The fraction of sp³-hybridized carbons (Fsp3) is 0.667. The standard InChI is InChI=1S/C9H14N2O2/c1-6-7(2)13-8(11-6)3-9(12)4-10-5-9/h10,12H,3-5H2,1-2H3. The number of hydrogen-bond acceptors (Lipinski definition) is 4. The summed E-state index contributed by atoms with van der Waals surface area (Å²) in [7, 11) is 0. The van der Waals surface area contributed by atoms with Gasteiger partial charge in [-0.05, 0) is 13.8 Å². The van der Waals surface area contributed by atoms with Crippen molar-refractivity contribution in [1.82, 2.24) is 10.3 Å². The number of aliphatic hydroxyl groups is 1. The normalized spacial score (nSPS) is 19.9. The number of nitrogens with one attached hydrogen (secondary N) is 1. The molecule has 1 aromatic rings. The van der Waals surface area contributed by atoms with Gasteiger partial charge < -0.3 is 14.8 Å². The zero-order valence-electron chi connectivity index (χ0n) is 7.92. The molecule has 72 valence electrons.